The highest BCUT2D eigenvalue weighted by Crippen LogP contribution is 2.23. The molecule has 1 atom stereocenters. The predicted octanol–water partition coefficient (Wildman–Crippen LogP) is 2.17. The summed E-state index contributed by atoms with van der Waals surface area (Å²) in [5.74, 6) is 0. The fourth-order valence-electron chi connectivity index (χ4n) is 1.70. The minimum atomic E-state index is -0.772. The van der Waals surface area contributed by atoms with E-state index in [-0.39, 0.29) is 12.6 Å². The average Bonchev–Trinajstić information content (AvgIpc) is 2.85. The number of rotatable bonds is 4. The second kappa shape index (κ2) is 5.85. The van der Waals surface area contributed by atoms with Crippen molar-refractivity contribution >= 4 is 28.7 Å². The summed E-state index contributed by atoms with van der Waals surface area (Å²) < 4.78 is 7.91. The molecule has 0 aliphatic heterocycles. The van der Waals surface area contributed by atoms with Crippen molar-refractivity contribution in [2.75, 3.05) is 6.61 Å². The van der Waals surface area contributed by atoms with Gasteiger partial charge in [0.25, 0.3) is 0 Å². The van der Waals surface area contributed by atoms with Gasteiger partial charge in [-0.2, -0.15) is 0 Å². The fraction of sp³-hybridized carbons (Fsp3) is 0.167. The standard InChI is InChI=1S/C12H12IN3O2/c13-10-4-2-1-3-9(10)11(7-18-12(14)17)16-6-5-15-8-16/h1-6,8,11H,7H2,(H2,14,17). The van der Waals surface area contributed by atoms with Crippen molar-refractivity contribution in [3.63, 3.8) is 0 Å². The van der Waals surface area contributed by atoms with Gasteiger partial charge in [0.2, 0.25) is 0 Å². The fourth-order valence-corrected chi connectivity index (χ4v) is 2.44. The number of halogens is 1. The number of hydrogen-bond donors (Lipinski definition) is 1. The van der Waals surface area contributed by atoms with Crippen molar-refractivity contribution in [2.24, 2.45) is 5.73 Å². The van der Waals surface area contributed by atoms with Gasteiger partial charge in [0.1, 0.15) is 6.61 Å². The van der Waals surface area contributed by atoms with Crippen molar-refractivity contribution in [3.05, 3.63) is 52.1 Å². The van der Waals surface area contributed by atoms with Gasteiger partial charge in [-0.25, -0.2) is 9.78 Å². The summed E-state index contributed by atoms with van der Waals surface area (Å²) in [6.45, 7) is 0.186. The lowest BCUT2D eigenvalue weighted by Crippen LogP contribution is -2.22. The smallest absolute Gasteiger partial charge is 0.404 e. The molecule has 0 fully saturated rings. The number of imidazole rings is 1. The van der Waals surface area contributed by atoms with Gasteiger partial charge in [-0.3, -0.25) is 0 Å². The van der Waals surface area contributed by atoms with Crippen LogP contribution < -0.4 is 5.73 Å². The minimum Gasteiger partial charge on any atom is -0.447 e. The number of carbonyl (C=O) groups excluding carboxylic acids is 1. The summed E-state index contributed by atoms with van der Waals surface area (Å²) in [5.41, 5.74) is 6.09. The van der Waals surface area contributed by atoms with Crippen molar-refractivity contribution in [1.29, 1.82) is 0 Å². The lowest BCUT2D eigenvalue weighted by atomic mass is 10.1. The van der Waals surface area contributed by atoms with E-state index in [1.807, 2.05) is 35.0 Å². The SMILES string of the molecule is NC(=O)OCC(c1ccccc1I)n1ccnc1. The Bertz CT molecular complexity index is 528. The molecule has 0 radical (unpaired) electrons. The van der Waals surface area contributed by atoms with Gasteiger partial charge in [0.15, 0.2) is 0 Å². The second-order valence-electron chi connectivity index (χ2n) is 3.68. The van der Waals surface area contributed by atoms with Gasteiger partial charge in [-0.15, -0.1) is 0 Å². The van der Waals surface area contributed by atoms with Crippen molar-refractivity contribution in [1.82, 2.24) is 9.55 Å². The van der Waals surface area contributed by atoms with Crippen LogP contribution in [-0.2, 0) is 4.74 Å². The molecule has 2 N–H and O–H groups in total. The largest absolute Gasteiger partial charge is 0.447 e. The van der Waals surface area contributed by atoms with Crippen molar-refractivity contribution in [2.45, 2.75) is 6.04 Å². The Balaban J connectivity index is 2.30. The first-order valence-corrected chi connectivity index (χ1v) is 6.40. The number of ether oxygens (including phenoxy) is 1. The molecule has 2 aromatic rings. The lowest BCUT2D eigenvalue weighted by molar-refractivity contribution is 0.144. The summed E-state index contributed by atoms with van der Waals surface area (Å²) in [7, 11) is 0. The summed E-state index contributed by atoms with van der Waals surface area (Å²) >= 11 is 2.25. The quantitative estimate of drug-likeness (QED) is 0.853. The average molecular weight is 357 g/mol. The number of primary amides is 1. The molecule has 0 saturated carbocycles. The van der Waals surface area contributed by atoms with Crippen LogP contribution in [0.3, 0.4) is 0 Å². The third-order valence-electron chi connectivity index (χ3n) is 2.53. The highest BCUT2D eigenvalue weighted by atomic mass is 127. The molecule has 5 nitrogen and oxygen atoms in total. The van der Waals surface area contributed by atoms with Crippen LogP contribution >= 0.6 is 22.6 Å². The normalized spacial score (nSPS) is 12.1. The van der Waals surface area contributed by atoms with Gasteiger partial charge in [-0.1, -0.05) is 18.2 Å². The van der Waals surface area contributed by atoms with E-state index in [1.54, 1.807) is 12.5 Å². The molecule has 0 aliphatic rings. The third kappa shape index (κ3) is 3.00. The van der Waals surface area contributed by atoms with E-state index >= 15 is 0 Å². The monoisotopic (exact) mass is 357 g/mol. The maximum atomic E-state index is 10.8. The molecule has 0 spiro atoms. The molecular weight excluding hydrogens is 345 g/mol. The van der Waals surface area contributed by atoms with E-state index in [1.165, 1.54) is 0 Å². The molecule has 6 heteroatoms. The first-order chi connectivity index (χ1) is 8.68. The Morgan fingerprint density at radius 2 is 2.28 bits per heavy atom. The summed E-state index contributed by atoms with van der Waals surface area (Å²) in [4.78, 5) is 14.8. The number of nitrogens with zero attached hydrogens (tertiary/aromatic N) is 2. The topological polar surface area (TPSA) is 70.1 Å². The molecule has 1 aromatic heterocycles. The minimum absolute atomic E-state index is 0.118. The van der Waals surface area contributed by atoms with Crippen LogP contribution in [0.25, 0.3) is 0 Å². The van der Waals surface area contributed by atoms with E-state index in [2.05, 4.69) is 27.6 Å². The zero-order valence-electron chi connectivity index (χ0n) is 9.49. The van der Waals surface area contributed by atoms with Crippen molar-refractivity contribution < 1.29 is 9.53 Å². The number of amides is 1. The molecule has 0 aliphatic carbocycles. The second-order valence-corrected chi connectivity index (χ2v) is 4.84. The first-order valence-electron chi connectivity index (χ1n) is 5.32. The first kappa shape index (κ1) is 12.9. The molecular formula is C12H12IN3O2. The zero-order valence-corrected chi connectivity index (χ0v) is 11.6. The predicted molar refractivity (Wildman–Crippen MR) is 75.1 cm³/mol. The molecule has 0 saturated heterocycles. The Kier molecular flexibility index (Phi) is 4.19. The third-order valence-corrected chi connectivity index (χ3v) is 3.51. The van der Waals surface area contributed by atoms with Crippen molar-refractivity contribution in [3.8, 4) is 0 Å². The maximum absolute atomic E-state index is 10.8. The molecule has 94 valence electrons. The van der Waals surface area contributed by atoms with Crippen LogP contribution in [0.1, 0.15) is 11.6 Å². The highest BCUT2D eigenvalue weighted by Gasteiger charge is 2.17. The lowest BCUT2D eigenvalue weighted by Gasteiger charge is -2.19. The Hall–Kier alpha value is -1.57. The number of aromatic nitrogens is 2. The number of benzene rings is 1. The van der Waals surface area contributed by atoms with E-state index in [4.69, 9.17) is 10.5 Å². The zero-order chi connectivity index (χ0) is 13.0. The Morgan fingerprint density at radius 1 is 1.50 bits per heavy atom. The number of carbonyl (C=O) groups is 1. The summed E-state index contributed by atoms with van der Waals surface area (Å²) in [5, 5.41) is 0. The maximum Gasteiger partial charge on any atom is 0.404 e. The van der Waals surface area contributed by atoms with Crippen LogP contribution in [0.15, 0.2) is 43.0 Å². The molecule has 0 bridgehead atoms. The molecule has 1 aromatic carbocycles. The molecule has 1 unspecified atom stereocenters. The van der Waals surface area contributed by atoms with Crippen LogP contribution in [0.5, 0.6) is 0 Å². The van der Waals surface area contributed by atoms with Gasteiger partial charge in [0, 0.05) is 16.0 Å². The van der Waals surface area contributed by atoms with Gasteiger partial charge < -0.3 is 15.0 Å². The van der Waals surface area contributed by atoms with E-state index in [9.17, 15) is 4.79 Å². The van der Waals surface area contributed by atoms with E-state index in [0.717, 1.165) is 9.13 Å². The molecule has 18 heavy (non-hydrogen) atoms. The van der Waals surface area contributed by atoms with Gasteiger partial charge in [-0.05, 0) is 34.2 Å². The van der Waals surface area contributed by atoms with E-state index in [0.29, 0.717) is 0 Å². The molecule has 2 rings (SSSR count). The van der Waals surface area contributed by atoms with E-state index < -0.39 is 6.09 Å². The number of nitrogens with two attached hydrogens (primary N) is 1. The van der Waals surface area contributed by atoms with Crippen LogP contribution in [-0.4, -0.2) is 22.3 Å². The number of hydrogen-bond acceptors (Lipinski definition) is 3. The summed E-state index contributed by atoms with van der Waals surface area (Å²) in [6, 6.07) is 7.80. The molecule has 1 heterocycles. The van der Waals surface area contributed by atoms with Crippen LogP contribution in [0.2, 0.25) is 0 Å². The molecule has 1 amide bonds. The summed E-state index contributed by atoms with van der Waals surface area (Å²) in [6.07, 6.45) is 4.44. The van der Waals surface area contributed by atoms with Crippen LogP contribution in [0, 0.1) is 3.57 Å². The van der Waals surface area contributed by atoms with Crippen LogP contribution in [0.4, 0.5) is 4.79 Å². The Morgan fingerprint density at radius 3 is 2.89 bits per heavy atom. The van der Waals surface area contributed by atoms with Gasteiger partial charge >= 0.3 is 6.09 Å². The Labute approximate surface area is 118 Å². The van der Waals surface area contributed by atoms with Gasteiger partial charge in [0.05, 0.1) is 12.4 Å². The highest BCUT2D eigenvalue weighted by molar-refractivity contribution is 14.1.